The van der Waals surface area contributed by atoms with E-state index in [0.717, 1.165) is 16.6 Å². The third-order valence-electron chi connectivity index (χ3n) is 2.48. The van der Waals surface area contributed by atoms with Gasteiger partial charge in [0.05, 0.1) is 5.56 Å². The van der Waals surface area contributed by atoms with E-state index in [4.69, 9.17) is 10.3 Å². The molecule has 0 spiro atoms. The van der Waals surface area contributed by atoms with Crippen molar-refractivity contribution in [2.45, 2.75) is 6.92 Å². The predicted octanol–water partition coefficient (Wildman–Crippen LogP) is 2.54. The minimum Gasteiger partial charge on any atom is -0.398 e. The molecule has 5 nitrogen and oxygen atoms in total. The van der Waals surface area contributed by atoms with E-state index in [1.807, 2.05) is 31.0 Å². The number of anilines is 2. The van der Waals surface area contributed by atoms with E-state index < -0.39 is 0 Å². The van der Waals surface area contributed by atoms with Crippen molar-refractivity contribution in [1.82, 2.24) is 10.1 Å². The molecule has 1 aromatic heterocycles. The molecule has 0 fully saturated rings. The van der Waals surface area contributed by atoms with E-state index in [-0.39, 0.29) is 0 Å². The van der Waals surface area contributed by atoms with Crippen molar-refractivity contribution >= 4 is 27.6 Å². The van der Waals surface area contributed by atoms with E-state index in [1.165, 1.54) is 0 Å². The Morgan fingerprint density at radius 2 is 2.24 bits per heavy atom. The molecule has 90 valence electrons. The van der Waals surface area contributed by atoms with Crippen molar-refractivity contribution in [3.8, 4) is 11.5 Å². The Kier molecular flexibility index (Phi) is 3.33. The molecule has 0 atom stereocenters. The van der Waals surface area contributed by atoms with Crippen LogP contribution in [-0.2, 0) is 0 Å². The summed E-state index contributed by atoms with van der Waals surface area (Å²) in [6.45, 7) is 2.83. The number of aromatic nitrogens is 2. The summed E-state index contributed by atoms with van der Waals surface area (Å²) >= 11 is 3.39. The van der Waals surface area contributed by atoms with Gasteiger partial charge in [0, 0.05) is 23.8 Å². The molecule has 0 radical (unpaired) electrons. The molecule has 0 unspecified atom stereocenters. The molecule has 2 N–H and O–H groups in total. The maximum absolute atomic E-state index is 5.88. The number of nitrogen functional groups attached to an aromatic ring is 1. The summed E-state index contributed by atoms with van der Waals surface area (Å²) in [5.41, 5.74) is 7.23. The Hall–Kier alpha value is -1.56. The number of benzene rings is 1. The first kappa shape index (κ1) is 11.9. The fourth-order valence-corrected chi connectivity index (χ4v) is 1.70. The lowest BCUT2D eigenvalue weighted by Gasteiger charge is -2.08. The van der Waals surface area contributed by atoms with Gasteiger partial charge in [0.2, 0.25) is 0 Å². The Balaban J connectivity index is 2.40. The van der Waals surface area contributed by atoms with E-state index in [2.05, 4.69) is 26.1 Å². The SMILES string of the molecule is CCN(C)c1noc(-c2cc(Br)ccc2N)n1. The van der Waals surface area contributed by atoms with Crippen molar-refractivity contribution in [2.75, 3.05) is 24.2 Å². The summed E-state index contributed by atoms with van der Waals surface area (Å²) in [7, 11) is 1.90. The number of rotatable bonds is 3. The third-order valence-corrected chi connectivity index (χ3v) is 2.97. The van der Waals surface area contributed by atoms with Gasteiger partial charge in [-0.15, -0.1) is 0 Å². The molecule has 1 heterocycles. The van der Waals surface area contributed by atoms with Gasteiger partial charge in [-0.1, -0.05) is 15.9 Å². The fraction of sp³-hybridized carbons (Fsp3) is 0.273. The summed E-state index contributed by atoms with van der Waals surface area (Å²) in [5, 5.41) is 3.90. The van der Waals surface area contributed by atoms with Crippen molar-refractivity contribution in [3.63, 3.8) is 0 Å². The highest BCUT2D eigenvalue weighted by atomic mass is 79.9. The van der Waals surface area contributed by atoms with Crippen molar-refractivity contribution < 1.29 is 4.52 Å². The number of nitrogens with two attached hydrogens (primary N) is 1. The van der Waals surface area contributed by atoms with Crippen LogP contribution < -0.4 is 10.6 Å². The molecule has 0 saturated heterocycles. The Morgan fingerprint density at radius 1 is 1.47 bits per heavy atom. The van der Waals surface area contributed by atoms with E-state index in [0.29, 0.717) is 17.5 Å². The molecule has 0 aliphatic rings. The van der Waals surface area contributed by atoms with Crippen LogP contribution in [-0.4, -0.2) is 23.7 Å². The van der Waals surface area contributed by atoms with Gasteiger partial charge in [-0.05, 0) is 30.3 Å². The minimum absolute atomic E-state index is 0.430. The molecule has 2 aromatic rings. The molecule has 0 saturated carbocycles. The number of nitrogens with zero attached hydrogens (tertiary/aromatic N) is 3. The first-order valence-electron chi connectivity index (χ1n) is 5.22. The van der Waals surface area contributed by atoms with Crippen LogP contribution >= 0.6 is 15.9 Å². The van der Waals surface area contributed by atoms with Crippen LogP contribution in [0.1, 0.15) is 6.92 Å². The molecule has 2 rings (SSSR count). The van der Waals surface area contributed by atoms with Gasteiger partial charge in [0.15, 0.2) is 0 Å². The highest BCUT2D eigenvalue weighted by molar-refractivity contribution is 9.10. The second-order valence-corrected chi connectivity index (χ2v) is 4.56. The minimum atomic E-state index is 0.430. The predicted molar refractivity (Wildman–Crippen MR) is 70.8 cm³/mol. The first-order valence-corrected chi connectivity index (χ1v) is 6.01. The zero-order valence-corrected chi connectivity index (χ0v) is 11.2. The Bertz CT molecular complexity index is 526. The van der Waals surface area contributed by atoms with Crippen LogP contribution in [0.3, 0.4) is 0 Å². The van der Waals surface area contributed by atoms with Crippen LogP contribution in [0.5, 0.6) is 0 Å². The fourth-order valence-electron chi connectivity index (χ4n) is 1.34. The molecular weight excluding hydrogens is 284 g/mol. The summed E-state index contributed by atoms with van der Waals surface area (Å²) in [4.78, 5) is 6.19. The topological polar surface area (TPSA) is 68.2 Å². The van der Waals surface area contributed by atoms with Crippen LogP contribution in [0.25, 0.3) is 11.5 Å². The number of hydrogen-bond acceptors (Lipinski definition) is 5. The molecule has 17 heavy (non-hydrogen) atoms. The van der Waals surface area contributed by atoms with Crippen LogP contribution in [0.4, 0.5) is 11.6 Å². The summed E-state index contributed by atoms with van der Waals surface area (Å²) in [6.07, 6.45) is 0. The second kappa shape index (κ2) is 4.75. The maximum Gasteiger partial charge on any atom is 0.266 e. The van der Waals surface area contributed by atoms with Gasteiger partial charge in [-0.2, -0.15) is 4.98 Å². The molecule has 0 amide bonds. The normalized spacial score (nSPS) is 10.5. The van der Waals surface area contributed by atoms with Gasteiger partial charge in [-0.3, -0.25) is 0 Å². The third kappa shape index (κ3) is 2.41. The van der Waals surface area contributed by atoms with Crippen LogP contribution in [0.15, 0.2) is 27.2 Å². The lowest BCUT2D eigenvalue weighted by Crippen LogP contribution is -2.16. The van der Waals surface area contributed by atoms with Crippen molar-refractivity contribution in [2.24, 2.45) is 0 Å². The molecule has 0 bridgehead atoms. The Labute approximate surface area is 108 Å². The number of hydrogen-bond donors (Lipinski definition) is 1. The smallest absolute Gasteiger partial charge is 0.266 e. The van der Waals surface area contributed by atoms with Crippen LogP contribution in [0.2, 0.25) is 0 Å². The molecule has 0 aliphatic carbocycles. The maximum atomic E-state index is 5.88. The van der Waals surface area contributed by atoms with Gasteiger partial charge in [-0.25, -0.2) is 0 Å². The lowest BCUT2D eigenvalue weighted by atomic mass is 10.2. The summed E-state index contributed by atoms with van der Waals surface area (Å²) in [6, 6.07) is 5.53. The summed E-state index contributed by atoms with van der Waals surface area (Å²) < 4.78 is 6.13. The van der Waals surface area contributed by atoms with E-state index in [1.54, 1.807) is 6.07 Å². The monoisotopic (exact) mass is 296 g/mol. The number of halogens is 1. The highest BCUT2D eigenvalue weighted by Gasteiger charge is 2.13. The second-order valence-electron chi connectivity index (χ2n) is 3.65. The zero-order chi connectivity index (χ0) is 12.4. The van der Waals surface area contributed by atoms with E-state index >= 15 is 0 Å². The molecular formula is C11H13BrN4O. The lowest BCUT2D eigenvalue weighted by molar-refractivity contribution is 0.430. The largest absolute Gasteiger partial charge is 0.398 e. The average molecular weight is 297 g/mol. The quantitative estimate of drug-likeness (QED) is 0.882. The first-order chi connectivity index (χ1) is 8.11. The van der Waals surface area contributed by atoms with Gasteiger partial charge in [0.1, 0.15) is 0 Å². The Morgan fingerprint density at radius 3 is 2.94 bits per heavy atom. The van der Waals surface area contributed by atoms with E-state index in [9.17, 15) is 0 Å². The molecule has 0 aliphatic heterocycles. The highest BCUT2D eigenvalue weighted by Crippen LogP contribution is 2.28. The van der Waals surface area contributed by atoms with Crippen LogP contribution in [0, 0.1) is 0 Å². The zero-order valence-electron chi connectivity index (χ0n) is 9.64. The van der Waals surface area contributed by atoms with Crippen molar-refractivity contribution in [3.05, 3.63) is 22.7 Å². The molecule has 6 heteroatoms. The van der Waals surface area contributed by atoms with Gasteiger partial charge >= 0.3 is 0 Å². The van der Waals surface area contributed by atoms with Gasteiger partial charge in [0.25, 0.3) is 11.8 Å². The van der Waals surface area contributed by atoms with Crippen molar-refractivity contribution in [1.29, 1.82) is 0 Å². The van der Waals surface area contributed by atoms with Gasteiger partial charge < -0.3 is 15.2 Å². The molecule has 1 aromatic carbocycles. The summed E-state index contributed by atoms with van der Waals surface area (Å²) in [5.74, 6) is 0.987. The average Bonchev–Trinajstić information content (AvgIpc) is 2.80. The standard InChI is InChI=1S/C11H13BrN4O/c1-3-16(2)11-14-10(17-15-11)8-6-7(12)4-5-9(8)13/h4-6H,3,13H2,1-2H3.